The largest absolute Gasteiger partial charge is 0.333 e. The summed E-state index contributed by atoms with van der Waals surface area (Å²) in [4.78, 5) is 17.6. The number of aromatic nitrogens is 7. The van der Waals surface area contributed by atoms with Gasteiger partial charge in [-0.3, -0.25) is 14.1 Å². The van der Waals surface area contributed by atoms with Crippen molar-refractivity contribution in [3.8, 4) is 28.2 Å². The van der Waals surface area contributed by atoms with Gasteiger partial charge >= 0.3 is 5.69 Å². The maximum absolute atomic E-state index is 13.4. The Morgan fingerprint density at radius 3 is 2.60 bits per heavy atom. The maximum Gasteiger partial charge on any atom is 0.333 e. The number of para-hydroxylation sites is 1. The zero-order valence-corrected chi connectivity index (χ0v) is 20.0. The third kappa shape index (κ3) is 4.65. The van der Waals surface area contributed by atoms with Crippen LogP contribution in [-0.2, 0) is 13.0 Å². The lowest BCUT2D eigenvalue weighted by Crippen LogP contribution is -2.25. The molecule has 176 valence electrons. The number of unbranched alkanes of at least 4 members (excludes halogenated alkanes) is 1. The normalized spacial score (nSPS) is 11.1. The lowest BCUT2D eigenvalue weighted by atomic mass is 10.00. The van der Waals surface area contributed by atoms with E-state index in [0.29, 0.717) is 23.1 Å². The molecule has 0 bridgehead atoms. The number of pyridine rings is 1. The zero-order chi connectivity index (χ0) is 24.2. The van der Waals surface area contributed by atoms with Crippen molar-refractivity contribution in [2.75, 3.05) is 0 Å². The van der Waals surface area contributed by atoms with Crippen molar-refractivity contribution in [1.29, 1.82) is 0 Å². The SMILES string of the molecule is CCCCc1cn(-c2ccccc2Cl)c(=O)n1Cc1ccc(-c2ccncc2-c2nnn[nH]2)cc1. The monoisotopic (exact) mass is 485 g/mol. The van der Waals surface area contributed by atoms with Crippen molar-refractivity contribution in [3.05, 3.63) is 100.0 Å². The Hall–Kier alpha value is -4.04. The van der Waals surface area contributed by atoms with Crippen LogP contribution in [0.2, 0.25) is 5.02 Å². The minimum absolute atomic E-state index is 0.0949. The molecule has 0 fully saturated rings. The van der Waals surface area contributed by atoms with E-state index in [1.54, 1.807) is 23.0 Å². The van der Waals surface area contributed by atoms with Gasteiger partial charge < -0.3 is 0 Å². The summed E-state index contributed by atoms with van der Waals surface area (Å²) in [5, 5.41) is 14.7. The van der Waals surface area contributed by atoms with Gasteiger partial charge in [-0.15, -0.1) is 5.10 Å². The van der Waals surface area contributed by atoms with E-state index in [-0.39, 0.29) is 5.69 Å². The summed E-state index contributed by atoms with van der Waals surface area (Å²) in [6.45, 7) is 2.62. The second-order valence-electron chi connectivity index (χ2n) is 8.28. The highest BCUT2D eigenvalue weighted by atomic mass is 35.5. The Morgan fingerprint density at radius 2 is 1.86 bits per heavy atom. The van der Waals surface area contributed by atoms with Crippen LogP contribution in [0, 0.1) is 0 Å². The van der Waals surface area contributed by atoms with Gasteiger partial charge in [0.2, 0.25) is 0 Å². The summed E-state index contributed by atoms with van der Waals surface area (Å²) in [7, 11) is 0. The van der Waals surface area contributed by atoms with E-state index in [4.69, 9.17) is 11.6 Å². The third-order valence-corrected chi connectivity index (χ3v) is 6.31. The molecule has 0 aliphatic heterocycles. The first-order chi connectivity index (χ1) is 17.2. The number of benzene rings is 2. The van der Waals surface area contributed by atoms with E-state index < -0.39 is 0 Å². The van der Waals surface area contributed by atoms with E-state index in [1.165, 1.54) is 0 Å². The van der Waals surface area contributed by atoms with Gasteiger partial charge in [0, 0.05) is 29.8 Å². The van der Waals surface area contributed by atoms with Gasteiger partial charge in [0.25, 0.3) is 0 Å². The molecule has 0 atom stereocenters. The number of nitrogens with one attached hydrogen (secondary N) is 1. The number of hydrogen-bond donors (Lipinski definition) is 1. The first kappa shape index (κ1) is 22.7. The fourth-order valence-electron chi connectivity index (χ4n) is 4.15. The molecule has 0 aliphatic carbocycles. The predicted octanol–water partition coefficient (Wildman–Crippen LogP) is 4.93. The highest BCUT2D eigenvalue weighted by Gasteiger charge is 2.15. The minimum Gasteiger partial charge on any atom is -0.292 e. The number of rotatable bonds is 8. The number of aryl methyl sites for hydroxylation is 1. The molecular weight excluding hydrogens is 462 g/mol. The fourth-order valence-corrected chi connectivity index (χ4v) is 4.38. The summed E-state index contributed by atoms with van der Waals surface area (Å²) >= 11 is 6.39. The van der Waals surface area contributed by atoms with E-state index >= 15 is 0 Å². The molecule has 0 amide bonds. The first-order valence-electron chi connectivity index (χ1n) is 11.5. The summed E-state index contributed by atoms with van der Waals surface area (Å²) in [6, 6.07) is 17.5. The first-order valence-corrected chi connectivity index (χ1v) is 11.9. The van der Waals surface area contributed by atoms with Crippen LogP contribution >= 0.6 is 11.6 Å². The van der Waals surface area contributed by atoms with Gasteiger partial charge in [-0.05, 0) is 58.2 Å². The summed E-state index contributed by atoms with van der Waals surface area (Å²) in [6.07, 6.45) is 8.28. The summed E-state index contributed by atoms with van der Waals surface area (Å²) in [5.41, 5.74) is 5.42. The second kappa shape index (κ2) is 10.1. The lowest BCUT2D eigenvalue weighted by molar-refractivity contribution is 0.674. The quantitative estimate of drug-likeness (QED) is 0.336. The standard InChI is InChI=1S/C26H24ClN7O/c1-2-3-6-20-17-34(24-8-5-4-7-23(24)27)26(35)33(20)16-18-9-11-19(12-10-18)21-13-14-28-15-22(21)25-29-31-32-30-25/h4-5,7-15,17H,2-3,6,16H2,1H3,(H,29,30,31,32). The Kier molecular flexibility index (Phi) is 6.54. The third-order valence-electron chi connectivity index (χ3n) is 5.99. The number of aromatic amines is 1. The van der Waals surface area contributed by atoms with Crippen LogP contribution < -0.4 is 5.69 Å². The van der Waals surface area contributed by atoms with Crippen LogP contribution in [0.5, 0.6) is 0 Å². The number of halogens is 1. The fraction of sp³-hybridized carbons (Fsp3) is 0.192. The van der Waals surface area contributed by atoms with Crippen molar-refractivity contribution in [2.45, 2.75) is 32.7 Å². The van der Waals surface area contributed by atoms with Gasteiger partial charge in [0.15, 0.2) is 5.82 Å². The Balaban J connectivity index is 1.47. The van der Waals surface area contributed by atoms with Crippen LogP contribution in [0.25, 0.3) is 28.2 Å². The average molecular weight is 486 g/mol. The maximum atomic E-state index is 13.4. The number of H-pyrrole nitrogens is 1. The second-order valence-corrected chi connectivity index (χ2v) is 8.69. The highest BCUT2D eigenvalue weighted by Crippen LogP contribution is 2.29. The van der Waals surface area contributed by atoms with E-state index in [0.717, 1.165) is 47.2 Å². The molecule has 0 radical (unpaired) electrons. The topological polar surface area (TPSA) is 94.3 Å². The van der Waals surface area contributed by atoms with Gasteiger partial charge in [-0.25, -0.2) is 9.89 Å². The Morgan fingerprint density at radius 1 is 1.03 bits per heavy atom. The van der Waals surface area contributed by atoms with Crippen molar-refractivity contribution in [3.63, 3.8) is 0 Å². The molecule has 0 saturated carbocycles. The van der Waals surface area contributed by atoms with Crippen LogP contribution in [0.15, 0.2) is 78.0 Å². The summed E-state index contributed by atoms with van der Waals surface area (Å²) in [5.74, 6) is 0.560. The minimum atomic E-state index is -0.0949. The predicted molar refractivity (Wildman–Crippen MR) is 136 cm³/mol. The van der Waals surface area contributed by atoms with Crippen LogP contribution in [0.3, 0.4) is 0 Å². The average Bonchev–Trinajstić information content (AvgIpc) is 3.53. The zero-order valence-electron chi connectivity index (χ0n) is 19.2. The molecule has 5 aromatic rings. The molecular formula is C26H24ClN7O. The lowest BCUT2D eigenvalue weighted by Gasteiger charge is -2.10. The molecule has 3 aromatic heterocycles. The Labute approximate surface area is 207 Å². The van der Waals surface area contributed by atoms with Gasteiger partial charge in [0.1, 0.15) is 0 Å². The molecule has 5 rings (SSSR count). The van der Waals surface area contributed by atoms with Crippen molar-refractivity contribution in [2.24, 2.45) is 0 Å². The van der Waals surface area contributed by atoms with Crippen molar-refractivity contribution >= 4 is 11.6 Å². The smallest absolute Gasteiger partial charge is 0.292 e. The van der Waals surface area contributed by atoms with Crippen LogP contribution in [0.1, 0.15) is 31.0 Å². The molecule has 1 N–H and O–H groups in total. The molecule has 2 aromatic carbocycles. The molecule has 0 spiro atoms. The number of imidazole rings is 1. The molecule has 0 saturated heterocycles. The van der Waals surface area contributed by atoms with Gasteiger partial charge in [-0.1, -0.05) is 61.3 Å². The van der Waals surface area contributed by atoms with Crippen LogP contribution in [-0.4, -0.2) is 34.7 Å². The van der Waals surface area contributed by atoms with E-state index in [1.807, 2.05) is 59.3 Å². The van der Waals surface area contributed by atoms with E-state index in [2.05, 4.69) is 32.5 Å². The number of hydrogen-bond acceptors (Lipinski definition) is 5. The molecule has 35 heavy (non-hydrogen) atoms. The van der Waals surface area contributed by atoms with E-state index in [9.17, 15) is 4.79 Å². The molecule has 9 heteroatoms. The number of tetrazole rings is 1. The highest BCUT2D eigenvalue weighted by molar-refractivity contribution is 6.32. The molecule has 3 heterocycles. The van der Waals surface area contributed by atoms with Gasteiger partial charge in [-0.2, -0.15) is 0 Å². The van der Waals surface area contributed by atoms with Gasteiger partial charge in [0.05, 0.1) is 17.3 Å². The molecule has 8 nitrogen and oxygen atoms in total. The Bertz CT molecular complexity index is 1490. The van der Waals surface area contributed by atoms with Crippen molar-refractivity contribution in [1.82, 2.24) is 34.7 Å². The van der Waals surface area contributed by atoms with Crippen molar-refractivity contribution < 1.29 is 0 Å². The number of nitrogens with zero attached hydrogens (tertiary/aromatic N) is 6. The molecule has 0 unspecified atom stereocenters. The summed E-state index contributed by atoms with van der Waals surface area (Å²) < 4.78 is 3.49. The van der Waals surface area contributed by atoms with Crippen LogP contribution in [0.4, 0.5) is 0 Å². The molecule has 0 aliphatic rings.